The van der Waals surface area contributed by atoms with Gasteiger partial charge in [0.1, 0.15) is 10.7 Å². The second-order valence-electron chi connectivity index (χ2n) is 7.74. The number of hydrogen-bond acceptors (Lipinski definition) is 8. The smallest absolute Gasteiger partial charge is 0.227 e. The van der Waals surface area contributed by atoms with Crippen LogP contribution in [0.15, 0.2) is 40.3 Å². The Kier molecular flexibility index (Phi) is 5.22. The van der Waals surface area contributed by atoms with E-state index in [1.807, 2.05) is 17.0 Å². The van der Waals surface area contributed by atoms with Crippen LogP contribution in [0.2, 0.25) is 0 Å². The Labute approximate surface area is 171 Å². The van der Waals surface area contributed by atoms with Crippen LogP contribution < -0.4 is 10.6 Å². The average molecular weight is 419 g/mol. The quantitative estimate of drug-likeness (QED) is 0.806. The lowest BCUT2D eigenvalue weighted by Crippen LogP contribution is -2.45. The molecule has 3 heterocycles. The SMILES string of the molecule is CC(C)c1ccc(S(=O)(=O)c2cnc(N3CCC4(CC3)OCCO4)nc2N)cc1. The number of anilines is 2. The molecule has 0 saturated carbocycles. The molecule has 29 heavy (non-hydrogen) atoms. The highest BCUT2D eigenvalue weighted by Crippen LogP contribution is 2.33. The largest absolute Gasteiger partial charge is 0.382 e. The van der Waals surface area contributed by atoms with E-state index in [4.69, 9.17) is 15.2 Å². The van der Waals surface area contributed by atoms with E-state index in [1.54, 1.807) is 12.1 Å². The number of aromatic nitrogens is 2. The first-order chi connectivity index (χ1) is 13.8. The van der Waals surface area contributed by atoms with Crippen LogP contribution in [0.5, 0.6) is 0 Å². The summed E-state index contributed by atoms with van der Waals surface area (Å²) in [6.45, 7) is 6.66. The van der Waals surface area contributed by atoms with Gasteiger partial charge in [-0.25, -0.2) is 13.4 Å². The standard InChI is InChI=1S/C20H26N4O4S/c1-14(2)15-3-5-16(6-4-15)29(25,26)17-13-22-19(23-18(17)21)24-9-7-20(8-10-24)27-11-12-28-20/h3-6,13-14H,7-12H2,1-2H3,(H2,21,22,23). The first kappa shape index (κ1) is 20.1. The van der Waals surface area contributed by atoms with Gasteiger partial charge in [-0.1, -0.05) is 26.0 Å². The minimum atomic E-state index is -3.79. The van der Waals surface area contributed by atoms with Crippen molar-refractivity contribution in [3.63, 3.8) is 0 Å². The van der Waals surface area contributed by atoms with E-state index in [-0.39, 0.29) is 15.6 Å². The zero-order valence-electron chi connectivity index (χ0n) is 16.7. The van der Waals surface area contributed by atoms with Gasteiger partial charge in [0, 0.05) is 25.9 Å². The number of piperidine rings is 1. The molecule has 2 aliphatic heterocycles. The zero-order chi connectivity index (χ0) is 20.6. The monoisotopic (exact) mass is 418 g/mol. The van der Waals surface area contributed by atoms with Crippen LogP contribution in [0, 0.1) is 0 Å². The summed E-state index contributed by atoms with van der Waals surface area (Å²) in [7, 11) is -3.79. The van der Waals surface area contributed by atoms with E-state index < -0.39 is 15.6 Å². The third kappa shape index (κ3) is 3.82. The van der Waals surface area contributed by atoms with Gasteiger partial charge in [-0.3, -0.25) is 0 Å². The van der Waals surface area contributed by atoms with Crippen molar-refractivity contribution >= 4 is 21.6 Å². The van der Waals surface area contributed by atoms with E-state index in [0.29, 0.717) is 51.0 Å². The molecule has 0 radical (unpaired) electrons. The van der Waals surface area contributed by atoms with Crippen molar-refractivity contribution in [2.45, 2.75) is 48.2 Å². The number of hydrogen-bond donors (Lipinski definition) is 1. The van der Waals surface area contributed by atoms with Crippen molar-refractivity contribution in [2.24, 2.45) is 0 Å². The van der Waals surface area contributed by atoms with Gasteiger partial charge in [0.25, 0.3) is 0 Å². The van der Waals surface area contributed by atoms with E-state index in [0.717, 1.165) is 5.56 Å². The second kappa shape index (κ2) is 7.55. The molecule has 2 saturated heterocycles. The van der Waals surface area contributed by atoms with Gasteiger partial charge in [-0.2, -0.15) is 4.98 Å². The molecule has 0 aliphatic carbocycles. The van der Waals surface area contributed by atoms with Gasteiger partial charge in [-0.05, 0) is 23.6 Å². The molecule has 1 aromatic carbocycles. The Morgan fingerprint density at radius 2 is 1.72 bits per heavy atom. The predicted molar refractivity (Wildman–Crippen MR) is 109 cm³/mol. The minimum absolute atomic E-state index is 0.0448. The molecule has 0 atom stereocenters. The molecule has 1 spiro atoms. The maximum absolute atomic E-state index is 13.0. The van der Waals surface area contributed by atoms with Crippen LogP contribution in [-0.2, 0) is 19.3 Å². The molecule has 9 heteroatoms. The van der Waals surface area contributed by atoms with Crippen LogP contribution in [0.1, 0.15) is 38.2 Å². The third-order valence-electron chi connectivity index (χ3n) is 5.54. The normalized spacial score (nSPS) is 19.2. The summed E-state index contributed by atoms with van der Waals surface area (Å²) in [5, 5.41) is 0. The van der Waals surface area contributed by atoms with Crippen LogP contribution in [0.3, 0.4) is 0 Å². The molecule has 2 aromatic rings. The molecule has 1 aromatic heterocycles. The van der Waals surface area contributed by atoms with Crippen molar-refractivity contribution in [1.29, 1.82) is 0 Å². The fourth-order valence-electron chi connectivity index (χ4n) is 3.73. The molecule has 8 nitrogen and oxygen atoms in total. The Morgan fingerprint density at radius 3 is 2.28 bits per heavy atom. The van der Waals surface area contributed by atoms with Crippen molar-refractivity contribution < 1.29 is 17.9 Å². The zero-order valence-corrected chi connectivity index (χ0v) is 17.5. The molecule has 4 rings (SSSR count). The minimum Gasteiger partial charge on any atom is -0.382 e. The lowest BCUT2D eigenvalue weighted by Gasteiger charge is -2.37. The van der Waals surface area contributed by atoms with Crippen molar-refractivity contribution in [3.05, 3.63) is 36.0 Å². The van der Waals surface area contributed by atoms with Crippen LogP contribution >= 0.6 is 0 Å². The average Bonchev–Trinajstić information content (AvgIpc) is 3.16. The van der Waals surface area contributed by atoms with Crippen LogP contribution in [-0.4, -0.2) is 50.5 Å². The summed E-state index contributed by atoms with van der Waals surface area (Å²) in [5.41, 5.74) is 7.11. The number of benzene rings is 1. The summed E-state index contributed by atoms with van der Waals surface area (Å²) in [6, 6.07) is 6.84. The van der Waals surface area contributed by atoms with E-state index >= 15 is 0 Å². The van der Waals surface area contributed by atoms with E-state index in [1.165, 1.54) is 6.20 Å². The molecule has 2 fully saturated rings. The van der Waals surface area contributed by atoms with Crippen molar-refractivity contribution in [1.82, 2.24) is 9.97 Å². The van der Waals surface area contributed by atoms with Gasteiger partial charge < -0.3 is 20.1 Å². The Morgan fingerprint density at radius 1 is 1.10 bits per heavy atom. The van der Waals surface area contributed by atoms with Crippen molar-refractivity contribution in [3.8, 4) is 0 Å². The van der Waals surface area contributed by atoms with E-state index in [9.17, 15) is 8.42 Å². The fraction of sp³-hybridized carbons (Fsp3) is 0.500. The summed E-state index contributed by atoms with van der Waals surface area (Å²) in [5.74, 6) is 0.206. The lowest BCUT2D eigenvalue weighted by molar-refractivity contribution is -0.169. The number of nitrogens with zero attached hydrogens (tertiary/aromatic N) is 3. The number of nitrogen functional groups attached to an aromatic ring is 1. The second-order valence-corrected chi connectivity index (χ2v) is 9.66. The highest BCUT2D eigenvalue weighted by Gasteiger charge is 2.40. The first-order valence-electron chi connectivity index (χ1n) is 9.81. The molecule has 156 valence electrons. The van der Waals surface area contributed by atoms with Gasteiger partial charge in [-0.15, -0.1) is 0 Å². The van der Waals surface area contributed by atoms with Crippen LogP contribution in [0.25, 0.3) is 0 Å². The van der Waals surface area contributed by atoms with Gasteiger partial charge in [0.15, 0.2) is 5.79 Å². The number of sulfone groups is 1. The first-order valence-corrected chi connectivity index (χ1v) is 11.3. The molecule has 0 bridgehead atoms. The highest BCUT2D eigenvalue weighted by atomic mass is 32.2. The Balaban J connectivity index is 1.54. The lowest BCUT2D eigenvalue weighted by atomic mass is 10.0. The summed E-state index contributed by atoms with van der Waals surface area (Å²) in [6.07, 6.45) is 2.72. The molecule has 0 unspecified atom stereocenters. The highest BCUT2D eigenvalue weighted by molar-refractivity contribution is 7.91. The molecule has 0 amide bonds. The maximum atomic E-state index is 13.0. The van der Waals surface area contributed by atoms with Crippen molar-refractivity contribution in [2.75, 3.05) is 36.9 Å². The molecule has 2 aliphatic rings. The van der Waals surface area contributed by atoms with Gasteiger partial charge in [0.05, 0.1) is 24.3 Å². The molecule has 2 N–H and O–H groups in total. The Hall–Kier alpha value is -2.23. The Bertz CT molecular complexity index is 976. The fourth-order valence-corrected chi connectivity index (χ4v) is 4.99. The number of rotatable bonds is 4. The van der Waals surface area contributed by atoms with Gasteiger partial charge in [0.2, 0.25) is 15.8 Å². The van der Waals surface area contributed by atoms with Crippen LogP contribution in [0.4, 0.5) is 11.8 Å². The van der Waals surface area contributed by atoms with E-state index in [2.05, 4.69) is 23.8 Å². The molecular formula is C20H26N4O4S. The number of ether oxygens (including phenoxy) is 2. The maximum Gasteiger partial charge on any atom is 0.227 e. The number of nitrogens with two attached hydrogens (primary N) is 1. The summed E-state index contributed by atoms with van der Waals surface area (Å²) in [4.78, 5) is 10.7. The summed E-state index contributed by atoms with van der Waals surface area (Å²) >= 11 is 0. The third-order valence-corrected chi connectivity index (χ3v) is 7.32. The topological polar surface area (TPSA) is 108 Å². The molecular weight excluding hydrogens is 392 g/mol. The predicted octanol–water partition coefficient (Wildman–Crippen LogP) is 2.36. The summed E-state index contributed by atoms with van der Waals surface area (Å²) < 4.78 is 37.4. The van der Waals surface area contributed by atoms with Gasteiger partial charge >= 0.3 is 0 Å².